The van der Waals surface area contributed by atoms with Crippen LogP contribution in [-0.2, 0) is 0 Å². The van der Waals surface area contributed by atoms with Gasteiger partial charge in [-0.2, -0.15) is 0 Å². The number of rotatable bonds is 1. The Morgan fingerprint density at radius 1 is 1.11 bits per heavy atom. The zero-order valence-electron chi connectivity index (χ0n) is 4.89. The summed E-state index contributed by atoms with van der Waals surface area (Å²) in [6.45, 7) is 0. The Labute approximate surface area is 53.8 Å². The van der Waals surface area contributed by atoms with Crippen molar-refractivity contribution < 1.29 is 0 Å². The predicted molar refractivity (Wildman–Crippen MR) is 36.4 cm³/mol. The van der Waals surface area contributed by atoms with Crippen LogP contribution in [0.5, 0.6) is 0 Å². The fourth-order valence-electron chi connectivity index (χ4n) is 0.605. The van der Waals surface area contributed by atoms with Crippen LogP contribution >= 0.6 is 0 Å². The van der Waals surface area contributed by atoms with Gasteiger partial charge in [0.2, 0.25) is 0 Å². The molecule has 2 N–H and O–H groups in total. The van der Waals surface area contributed by atoms with E-state index in [1.807, 2.05) is 18.2 Å². The Kier molecular flexibility index (Phi) is 1.49. The molecular formula is C7H7N2. The summed E-state index contributed by atoms with van der Waals surface area (Å²) in [6.07, 6.45) is 0. The molecule has 45 valence electrons. The van der Waals surface area contributed by atoms with Crippen molar-refractivity contribution in [3.8, 4) is 0 Å². The van der Waals surface area contributed by atoms with Crippen molar-refractivity contribution >= 4 is 5.84 Å². The molecule has 0 bridgehead atoms. The van der Waals surface area contributed by atoms with Gasteiger partial charge in [0.1, 0.15) is 5.84 Å². The SMILES string of the molecule is [NH]C(=N)c1ccccc1. The van der Waals surface area contributed by atoms with Crippen LogP contribution in [0.1, 0.15) is 5.56 Å². The lowest BCUT2D eigenvalue weighted by atomic mass is 10.2. The zero-order chi connectivity index (χ0) is 6.69. The van der Waals surface area contributed by atoms with Gasteiger partial charge in [0.15, 0.2) is 0 Å². The van der Waals surface area contributed by atoms with E-state index in [4.69, 9.17) is 11.1 Å². The van der Waals surface area contributed by atoms with Crippen LogP contribution < -0.4 is 5.73 Å². The number of nitrogens with one attached hydrogen (secondary N) is 2. The van der Waals surface area contributed by atoms with Gasteiger partial charge in [0, 0.05) is 5.56 Å². The van der Waals surface area contributed by atoms with Crippen LogP contribution in [-0.4, -0.2) is 5.84 Å². The number of hydrogen-bond donors (Lipinski definition) is 1. The Bertz CT molecular complexity index is 203. The summed E-state index contributed by atoms with van der Waals surface area (Å²) in [5.41, 5.74) is 7.57. The topological polar surface area (TPSA) is 47.7 Å². The van der Waals surface area contributed by atoms with Gasteiger partial charge in [0.25, 0.3) is 0 Å². The third-order valence-corrected chi connectivity index (χ3v) is 1.06. The Balaban J connectivity index is 2.98. The first-order chi connectivity index (χ1) is 4.30. The maximum atomic E-state index is 6.90. The standard InChI is InChI=1S/C7H7N2/c8-7(9)6-4-2-1-3-5-6/h1-5,8-9H. The quantitative estimate of drug-likeness (QED) is 0.428. The average molecular weight is 119 g/mol. The highest BCUT2D eigenvalue weighted by molar-refractivity contribution is 5.94. The predicted octanol–water partition coefficient (Wildman–Crippen LogP) is 1.29. The molecule has 0 heterocycles. The highest BCUT2D eigenvalue weighted by Gasteiger charge is 1.90. The molecule has 1 aromatic carbocycles. The molecule has 2 heteroatoms. The number of hydrogen-bond acceptors (Lipinski definition) is 1. The van der Waals surface area contributed by atoms with Gasteiger partial charge >= 0.3 is 0 Å². The van der Waals surface area contributed by atoms with E-state index in [-0.39, 0.29) is 5.84 Å². The van der Waals surface area contributed by atoms with E-state index >= 15 is 0 Å². The third-order valence-electron chi connectivity index (χ3n) is 1.06. The van der Waals surface area contributed by atoms with E-state index < -0.39 is 0 Å². The van der Waals surface area contributed by atoms with E-state index in [1.165, 1.54) is 0 Å². The van der Waals surface area contributed by atoms with Crippen LogP contribution in [0, 0.1) is 5.41 Å². The number of amidine groups is 1. The molecule has 0 aliphatic carbocycles. The molecule has 0 unspecified atom stereocenters. The monoisotopic (exact) mass is 119 g/mol. The summed E-state index contributed by atoms with van der Waals surface area (Å²) >= 11 is 0. The molecule has 9 heavy (non-hydrogen) atoms. The number of benzene rings is 1. The van der Waals surface area contributed by atoms with Crippen molar-refractivity contribution in [3.63, 3.8) is 0 Å². The third kappa shape index (κ3) is 1.29. The molecule has 0 atom stereocenters. The molecule has 0 saturated carbocycles. The van der Waals surface area contributed by atoms with E-state index in [2.05, 4.69) is 0 Å². The molecule has 1 aromatic rings. The van der Waals surface area contributed by atoms with Gasteiger partial charge in [-0.05, 0) is 0 Å². The molecule has 0 aliphatic heterocycles. The molecule has 0 aromatic heterocycles. The largest absolute Gasteiger partial charge is 0.283 e. The molecular weight excluding hydrogens is 112 g/mol. The van der Waals surface area contributed by atoms with Crippen molar-refractivity contribution in [2.75, 3.05) is 0 Å². The van der Waals surface area contributed by atoms with Crippen LogP contribution in [0.2, 0.25) is 0 Å². The molecule has 2 nitrogen and oxygen atoms in total. The second-order valence-corrected chi connectivity index (χ2v) is 1.74. The van der Waals surface area contributed by atoms with Crippen molar-refractivity contribution in [1.29, 1.82) is 5.41 Å². The molecule has 0 aliphatic rings. The Hall–Kier alpha value is -1.31. The van der Waals surface area contributed by atoms with E-state index in [9.17, 15) is 0 Å². The summed E-state index contributed by atoms with van der Waals surface area (Å²) in [6, 6.07) is 8.99. The Morgan fingerprint density at radius 2 is 1.67 bits per heavy atom. The molecule has 0 saturated heterocycles. The minimum absolute atomic E-state index is 0.129. The lowest BCUT2D eigenvalue weighted by Crippen LogP contribution is -1.96. The smallest absolute Gasteiger partial charge is 0.144 e. The first kappa shape index (κ1) is 5.82. The summed E-state index contributed by atoms with van der Waals surface area (Å²) in [5.74, 6) is -0.129. The highest BCUT2D eigenvalue weighted by Crippen LogP contribution is 1.95. The molecule has 0 amide bonds. The second-order valence-electron chi connectivity index (χ2n) is 1.74. The lowest BCUT2D eigenvalue weighted by Gasteiger charge is -1.91. The minimum atomic E-state index is -0.129. The zero-order valence-corrected chi connectivity index (χ0v) is 4.89. The maximum Gasteiger partial charge on any atom is 0.144 e. The first-order valence-corrected chi connectivity index (χ1v) is 2.66. The molecule has 1 radical (unpaired) electrons. The van der Waals surface area contributed by atoms with Gasteiger partial charge in [-0.15, -0.1) is 0 Å². The normalized spacial score (nSPS) is 8.89. The van der Waals surface area contributed by atoms with Crippen molar-refractivity contribution in [2.45, 2.75) is 0 Å². The molecule has 0 fully saturated rings. The van der Waals surface area contributed by atoms with Gasteiger partial charge in [-0.3, -0.25) is 11.1 Å². The van der Waals surface area contributed by atoms with Crippen LogP contribution in [0.3, 0.4) is 0 Å². The summed E-state index contributed by atoms with van der Waals surface area (Å²) in [5, 5.41) is 6.90. The van der Waals surface area contributed by atoms with Gasteiger partial charge < -0.3 is 0 Å². The Morgan fingerprint density at radius 3 is 2.00 bits per heavy atom. The molecule has 1 rings (SSSR count). The van der Waals surface area contributed by atoms with E-state index in [0.29, 0.717) is 5.56 Å². The van der Waals surface area contributed by atoms with Crippen LogP contribution in [0.25, 0.3) is 0 Å². The van der Waals surface area contributed by atoms with E-state index in [1.54, 1.807) is 12.1 Å². The first-order valence-electron chi connectivity index (χ1n) is 2.66. The second kappa shape index (κ2) is 2.31. The van der Waals surface area contributed by atoms with Crippen molar-refractivity contribution in [1.82, 2.24) is 5.73 Å². The molecule has 0 spiro atoms. The van der Waals surface area contributed by atoms with Gasteiger partial charge in [-0.1, -0.05) is 30.3 Å². The fraction of sp³-hybridized carbons (Fsp3) is 0. The van der Waals surface area contributed by atoms with Crippen LogP contribution in [0.15, 0.2) is 30.3 Å². The van der Waals surface area contributed by atoms with Gasteiger partial charge in [-0.25, -0.2) is 0 Å². The fourth-order valence-corrected chi connectivity index (χ4v) is 0.605. The maximum absolute atomic E-state index is 6.90. The van der Waals surface area contributed by atoms with Crippen molar-refractivity contribution in [3.05, 3.63) is 35.9 Å². The average Bonchev–Trinajstić information content (AvgIpc) is 1.90. The van der Waals surface area contributed by atoms with Gasteiger partial charge in [0.05, 0.1) is 0 Å². The van der Waals surface area contributed by atoms with E-state index in [0.717, 1.165) is 0 Å². The summed E-state index contributed by atoms with van der Waals surface area (Å²) in [7, 11) is 0. The lowest BCUT2D eigenvalue weighted by molar-refractivity contribution is 1.40. The highest BCUT2D eigenvalue weighted by atomic mass is 14.7. The van der Waals surface area contributed by atoms with Crippen molar-refractivity contribution in [2.24, 2.45) is 0 Å². The summed E-state index contributed by atoms with van der Waals surface area (Å²) in [4.78, 5) is 0. The minimum Gasteiger partial charge on any atom is -0.283 e. The van der Waals surface area contributed by atoms with Crippen LogP contribution in [0.4, 0.5) is 0 Å². The summed E-state index contributed by atoms with van der Waals surface area (Å²) < 4.78 is 0.